The third kappa shape index (κ3) is 6.01. The second kappa shape index (κ2) is 10.9. The number of hydrogen-bond donors (Lipinski definition) is 2. The summed E-state index contributed by atoms with van der Waals surface area (Å²) >= 11 is 6.13. The van der Waals surface area contributed by atoms with Gasteiger partial charge >= 0.3 is 6.09 Å². The quantitative estimate of drug-likeness (QED) is 0.272. The number of benzene rings is 3. The second-order valence-corrected chi connectivity index (χ2v) is 10.4. The lowest BCUT2D eigenvalue weighted by Gasteiger charge is -2.50. The van der Waals surface area contributed by atoms with Crippen molar-refractivity contribution in [1.82, 2.24) is 4.90 Å². The van der Waals surface area contributed by atoms with E-state index in [-0.39, 0.29) is 23.4 Å². The largest absolute Gasteiger partial charge is 0.411 e. The zero-order valence-corrected chi connectivity index (χ0v) is 21.7. The maximum atomic E-state index is 15.5. The van der Waals surface area contributed by atoms with Gasteiger partial charge in [0.25, 0.3) is 0 Å². The van der Waals surface area contributed by atoms with Gasteiger partial charge in [0, 0.05) is 29.6 Å². The number of carbonyl (C=O) groups is 1. The number of halogens is 3. The molecule has 6 nitrogen and oxygen atoms in total. The van der Waals surface area contributed by atoms with Crippen LogP contribution in [0.3, 0.4) is 0 Å². The van der Waals surface area contributed by atoms with E-state index in [0.29, 0.717) is 29.2 Å². The Balaban J connectivity index is 1.67. The number of amides is 1. The molecule has 3 N–H and O–H groups in total. The van der Waals surface area contributed by atoms with Crippen molar-refractivity contribution in [2.24, 2.45) is 11.7 Å². The molecule has 3 aromatic carbocycles. The molecule has 1 aliphatic rings. The summed E-state index contributed by atoms with van der Waals surface area (Å²) in [5.74, 6) is -1.70. The molecule has 0 spiro atoms. The van der Waals surface area contributed by atoms with E-state index >= 15 is 4.39 Å². The first-order chi connectivity index (χ1) is 18.0. The summed E-state index contributed by atoms with van der Waals surface area (Å²) in [6, 6.07) is 20.1. The van der Waals surface area contributed by atoms with E-state index in [2.05, 4.69) is 4.90 Å². The minimum Gasteiger partial charge on any atom is -0.391 e. The van der Waals surface area contributed by atoms with Gasteiger partial charge in [-0.15, -0.1) is 0 Å². The van der Waals surface area contributed by atoms with Crippen LogP contribution in [-0.2, 0) is 4.74 Å². The van der Waals surface area contributed by atoms with E-state index in [1.165, 1.54) is 19.9 Å². The maximum Gasteiger partial charge on any atom is 0.411 e. The summed E-state index contributed by atoms with van der Waals surface area (Å²) in [7, 11) is 0. The fraction of sp³-hybridized carbons (Fsp3) is 0.276. The first-order valence-corrected chi connectivity index (χ1v) is 12.4. The summed E-state index contributed by atoms with van der Waals surface area (Å²) in [5, 5.41) is 17.9. The molecular weight excluding hydrogens is 510 g/mol. The highest BCUT2D eigenvalue weighted by Gasteiger charge is 2.45. The molecule has 38 heavy (non-hydrogen) atoms. The first kappa shape index (κ1) is 27.2. The minimum absolute atomic E-state index is 0.141. The van der Waals surface area contributed by atoms with Gasteiger partial charge in [-0.2, -0.15) is 5.26 Å². The Morgan fingerprint density at radius 1 is 1.13 bits per heavy atom. The van der Waals surface area contributed by atoms with Crippen LogP contribution in [0.1, 0.15) is 53.6 Å². The highest BCUT2D eigenvalue weighted by Crippen LogP contribution is 2.45. The van der Waals surface area contributed by atoms with Gasteiger partial charge in [-0.25, -0.2) is 13.6 Å². The van der Waals surface area contributed by atoms with Crippen molar-refractivity contribution >= 4 is 23.6 Å². The van der Waals surface area contributed by atoms with E-state index in [1.807, 2.05) is 24.3 Å². The number of alkyl halides is 1. The van der Waals surface area contributed by atoms with Crippen LogP contribution in [0, 0.1) is 28.5 Å². The molecule has 0 aromatic heterocycles. The zero-order valence-electron chi connectivity index (χ0n) is 20.9. The smallest absolute Gasteiger partial charge is 0.391 e. The molecule has 1 fully saturated rings. The molecule has 1 aliphatic heterocycles. The Morgan fingerprint density at radius 3 is 2.42 bits per heavy atom. The summed E-state index contributed by atoms with van der Waals surface area (Å²) in [4.78, 5) is 13.3. The fourth-order valence-electron chi connectivity index (χ4n) is 5.32. The van der Waals surface area contributed by atoms with E-state index < -0.39 is 23.5 Å². The third-order valence-corrected chi connectivity index (χ3v) is 7.03. The molecule has 0 aliphatic carbocycles. The van der Waals surface area contributed by atoms with Crippen molar-refractivity contribution < 1.29 is 18.3 Å². The van der Waals surface area contributed by atoms with Gasteiger partial charge in [-0.3, -0.25) is 10.3 Å². The van der Waals surface area contributed by atoms with Crippen LogP contribution in [-0.4, -0.2) is 35.6 Å². The number of rotatable bonds is 7. The molecule has 2 atom stereocenters. The Hall–Kier alpha value is -3.80. The topological polar surface area (TPSA) is 103 Å². The molecule has 3 aromatic rings. The predicted molar refractivity (Wildman–Crippen MR) is 141 cm³/mol. The number of nitriles is 1. The standard InChI is InChI=1S/C29H27ClF2N4O2/c1-29(2,32)25(21-10-17(14-33)11-24(31)13-21)22-15-36(16-22)26(18-6-8-23(30)9-7-18)19-4-3-5-20(12-19)27(34)38-28(35)37/h3-13,22,25-26,34H,15-16H2,1-2H3,(H2,35,37). The van der Waals surface area contributed by atoms with Crippen molar-refractivity contribution in [3.63, 3.8) is 0 Å². The zero-order chi connectivity index (χ0) is 27.6. The molecule has 4 rings (SSSR count). The van der Waals surface area contributed by atoms with Crippen molar-refractivity contribution in [1.29, 1.82) is 10.7 Å². The Morgan fingerprint density at radius 2 is 1.82 bits per heavy atom. The van der Waals surface area contributed by atoms with Crippen molar-refractivity contribution in [2.45, 2.75) is 31.5 Å². The monoisotopic (exact) mass is 536 g/mol. The number of likely N-dealkylation sites (tertiary alicyclic amines) is 1. The first-order valence-electron chi connectivity index (χ1n) is 12.0. The average Bonchev–Trinajstić information content (AvgIpc) is 2.82. The summed E-state index contributed by atoms with van der Waals surface area (Å²) in [6.45, 7) is 3.95. The normalized spacial score (nSPS) is 15.7. The van der Waals surface area contributed by atoms with Gasteiger partial charge in [-0.1, -0.05) is 35.9 Å². The van der Waals surface area contributed by atoms with E-state index in [1.54, 1.807) is 36.4 Å². The Kier molecular flexibility index (Phi) is 7.81. The molecule has 0 radical (unpaired) electrons. The van der Waals surface area contributed by atoms with Crippen molar-refractivity contribution in [3.05, 3.63) is 105 Å². The molecule has 1 heterocycles. The fourth-order valence-corrected chi connectivity index (χ4v) is 5.45. The summed E-state index contributed by atoms with van der Waals surface area (Å²) < 4.78 is 34.5. The van der Waals surface area contributed by atoms with Crippen LogP contribution in [0.2, 0.25) is 5.02 Å². The van der Waals surface area contributed by atoms with Gasteiger partial charge in [0.15, 0.2) is 0 Å². The molecule has 2 unspecified atom stereocenters. The SMILES string of the molecule is CC(C)(F)C(c1cc(F)cc(C#N)c1)C1CN(C(c2ccc(Cl)cc2)c2cccc(C(=N)OC(N)=O)c2)C1. The Bertz CT molecular complexity index is 1390. The lowest BCUT2D eigenvalue weighted by atomic mass is 9.72. The van der Waals surface area contributed by atoms with Crippen LogP contribution in [0.4, 0.5) is 13.6 Å². The van der Waals surface area contributed by atoms with Crippen molar-refractivity contribution in [2.75, 3.05) is 13.1 Å². The summed E-state index contributed by atoms with van der Waals surface area (Å²) in [6.07, 6.45) is -1.07. The van der Waals surface area contributed by atoms with Crippen molar-refractivity contribution in [3.8, 4) is 6.07 Å². The summed E-state index contributed by atoms with van der Waals surface area (Å²) in [5.41, 5.74) is 6.17. The lowest BCUT2D eigenvalue weighted by Crippen LogP contribution is -2.53. The van der Waals surface area contributed by atoms with Crippen LogP contribution < -0.4 is 5.73 Å². The Labute approximate surface area is 225 Å². The predicted octanol–water partition coefficient (Wildman–Crippen LogP) is 6.32. The molecule has 196 valence electrons. The van der Waals surface area contributed by atoms with E-state index in [0.717, 1.165) is 17.2 Å². The number of primary amides is 1. The average molecular weight is 537 g/mol. The van der Waals surface area contributed by atoms with Crippen LogP contribution in [0.25, 0.3) is 0 Å². The number of carbonyl (C=O) groups excluding carboxylic acids is 1. The molecule has 9 heteroatoms. The van der Waals surface area contributed by atoms with Crippen LogP contribution >= 0.6 is 11.6 Å². The van der Waals surface area contributed by atoms with Gasteiger partial charge in [-0.05, 0) is 78.9 Å². The molecule has 0 bridgehead atoms. The molecule has 1 saturated heterocycles. The van der Waals surface area contributed by atoms with Gasteiger partial charge in [0.2, 0.25) is 5.90 Å². The van der Waals surface area contributed by atoms with E-state index in [4.69, 9.17) is 27.5 Å². The van der Waals surface area contributed by atoms with Crippen LogP contribution in [0.15, 0.2) is 66.7 Å². The number of ether oxygens (including phenoxy) is 1. The van der Waals surface area contributed by atoms with Crippen LogP contribution in [0.5, 0.6) is 0 Å². The van der Waals surface area contributed by atoms with Gasteiger partial charge < -0.3 is 10.5 Å². The highest BCUT2D eigenvalue weighted by molar-refractivity contribution is 6.30. The third-order valence-electron chi connectivity index (χ3n) is 6.78. The second-order valence-electron chi connectivity index (χ2n) is 9.97. The van der Waals surface area contributed by atoms with Gasteiger partial charge in [0.05, 0.1) is 17.7 Å². The number of nitrogens with one attached hydrogen (secondary N) is 1. The number of nitrogens with zero attached hydrogens (tertiary/aromatic N) is 2. The molecule has 0 saturated carbocycles. The number of hydrogen-bond acceptors (Lipinski definition) is 5. The lowest BCUT2D eigenvalue weighted by molar-refractivity contribution is 0.00812. The molecule has 1 amide bonds. The van der Waals surface area contributed by atoms with Gasteiger partial charge in [0.1, 0.15) is 11.5 Å². The highest BCUT2D eigenvalue weighted by atomic mass is 35.5. The minimum atomic E-state index is -1.66. The molecular formula is C29H27ClF2N4O2. The van der Waals surface area contributed by atoms with E-state index in [9.17, 15) is 14.4 Å². The number of nitrogens with two attached hydrogens (primary N) is 1. The maximum absolute atomic E-state index is 15.5.